The van der Waals surface area contributed by atoms with Crippen LogP contribution in [0.1, 0.15) is 26.2 Å². The molecule has 4 heterocycles. The lowest BCUT2D eigenvalue weighted by molar-refractivity contribution is -0.0653. The molecular formula is C26H27ClF4N6O2. The predicted molar refractivity (Wildman–Crippen MR) is 141 cm³/mol. The summed E-state index contributed by atoms with van der Waals surface area (Å²) in [7, 11) is 1.56. The number of piperidine rings is 1. The number of hydrogen-bond donors (Lipinski definition) is 2. The van der Waals surface area contributed by atoms with Crippen LogP contribution in [0.2, 0.25) is 5.02 Å². The summed E-state index contributed by atoms with van der Waals surface area (Å²) in [6, 6.07) is 3.96. The first-order chi connectivity index (χ1) is 18.4. The zero-order chi connectivity index (χ0) is 27.7. The first-order valence-corrected chi connectivity index (χ1v) is 13.2. The van der Waals surface area contributed by atoms with E-state index in [1.165, 1.54) is 17.7 Å². The molecule has 0 radical (unpaired) electrons. The van der Waals surface area contributed by atoms with E-state index in [9.17, 15) is 22.4 Å². The number of pyridine rings is 1. The lowest BCUT2D eigenvalue weighted by atomic mass is 9.96. The monoisotopic (exact) mass is 566 g/mol. The highest BCUT2D eigenvalue weighted by molar-refractivity contribution is 6.32. The highest BCUT2D eigenvalue weighted by Crippen LogP contribution is 2.45. The Morgan fingerprint density at radius 3 is 2.69 bits per heavy atom. The van der Waals surface area contributed by atoms with Crippen molar-refractivity contribution in [3.8, 4) is 5.75 Å². The molecular weight excluding hydrogens is 540 g/mol. The summed E-state index contributed by atoms with van der Waals surface area (Å²) in [5.41, 5.74) is 0.762. The van der Waals surface area contributed by atoms with E-state index < -0.39 is 36.0 Å². The van der Waals surface area contributed by atoms with Crippen molar-refractivity contribution in [1.29, 1.82) is 0 Å². The van der Waals surface area contributed by atoms with Crippen molar-refractivity contribution >= 4 is 45.6 Å². The summed E-state index contributed by atoms with van der Waals surface area (Å²) in [6.07, 6.45) is 2.46. The highest BCUT2D eigenvalue weighted by Gasteiger charge is 2.51. The van der Waals surface area contributed by atoms with Crippen molar-refractivity contribution in [2.24, 2.45) is 18.9 Å². The standard InChI is InChI=1S/C26H27ClF4N6O2/c1-13-11-37(8-7-25(13,28)29)24-32-10-17(27)22(35-24)33-15-5-6-18-16(9-15)19-20(23(38)36(18)2)39-12-26(30,31)21(34-19)14-3-4-14/h5-6,9-10,13-14,21,34H,3-4,7-8,11-12H2,1-2H3,(H,32,33,35)/t13-,21+/m1/s1. The van der Waals surface area contributed by atoms with E-state index in [0.717, 1.165) is 0 Å². The molecule has 3 aliphatic rings. The molecule has 0 amide bonds. The minimum absolute atomic E-state index is 0.0999. The van der Waals surface area contributed by atoms with Gasteiger partial charge in [0.25, 0.3) is 11.5 Å². The fourth-order valence-electron chi connectivity index (χ4n) is 5.29. The topological polar surface area (TPSA) is 84.3 Å². The molecule has 1 aromatic carbocycles. The summed E-state index contributed by atoms with van der Waals surface area (Å²) in [5.74, 6) is -6.57. The summed E-state index contributed by atoms with van der Waals surface area (Å²) in [4.78, 5) is 23.4. The van der Waals surface area contributed by atoms with Crippen LogP contribution in [0.3, 0.4) is 0 Å². The molecule has 1 aliphatic carbocycles. The number of aromatic nitrogens is 3. The second-order valence-electron chi connectivity index (χ2n) is 10.7. The van der Waals surface area contributed by atoms with Gasteiger partial charge in [-0.1, -0.05) is 18.5 Å². The minimum Gasteiger partial charge on any atom is -0.480 e. The molecule has 2 aliphatic heterocycles. The number of aryl methyl sites for hydroxylation is 1. The van der Waals surface area contributed by atoms with Gasteiger partial charge in [-0.15, -0.1) is 0 Å². The number of fused-ring (bicyclic) bond motifs is 3. The van der Waals surface area contributed by atoms with Crippen LogP contribution in [-0.4, -0.2) is 52.1 Å². The Morgan fingerprint density at radius 1 is 1.21 bits per heavy atom. The van der Waals surface area contributed by atoms with Gasteiger partial charge in [0.2, 0.25) is 11.7 Å². The Balaban J connectivity index is 1.36. The van der Waals surface area contributed by atoms with Crippen molar-refractivity contribution in [3.05, 3.63) is 39.8 Å². The average molecular weight is 567 g/mol. The molecule has 0 spiro atoms. The maximum absolute atomic E-state index is 14.9. The summed E-state index contributed by atoms with van der Waals surface area (Å²) in [6.45, 7) is 0.816. The van der Waals surface area contributed by atoms with Crippen LogP contribution in [0.4, 0.5) is 40.7 Å². The van der Waals surface area contributed by atoms with Gasteiger partial charge in [-0.05, 0) is 37.0 Å². The number of alkyl halides is 4. The molecule has 0 unspecified atom stereocenters. The molecule has 13 heteroatoms. The predicted octanol–water partition coefficient (Wildman–Crippen LogP) is 5.43. The molecule has 2 atom stereocenters. The Hall–Kier alpha value is -3.28. The van der Waals surface area contributed by atoms with Crippen LogP contribution >= 0.6 is 11.6 Å². The number of rotatable bonds is 4. The molecule has 39 heavy (non-hydrogen) atoms. The number of anilines is 4. The number of halogens is 5. The van der Waals surface area contributed by atoms with Gasteiger partial charge >= 0.3 is 5.92 Å². The third-order valence-corrected chi connectivity index (χ3v) is 8.09. The van der Waals surface area contributed by atoms with E-state index in [0.29, 0.717) is 29.4 Å². The molecule has 8 nitrogen and oxygen atoms in total. The maximum Gasteiger partial charge on any atom is 0.301 e. The maximum atomic E-state index is 14.9. The minimum atomic E-state index is -3.14. The summed E-state index contributed by atoms with van der Waals surface area (Å²) >= 11 is 6.37. The number of nitrogens with zero attached hydrogens (tertiary/aromatic N) is 4. The molecule has 3 aromatic rings. The smallest absolute Gasteiger partial charge is 0.301 e. The number of nitrogens with one attached hydrogen (secondary N) is 2. The van der Waals surface area contributed by atoms with E-state index in [1.807, 2.05) is 0 Å². The van der Waals surface area contributed by atoms with Crippen LogP contribution < -0.4 is 25.8 Å². The van der Waals surface area contributed by atoms with Gasteiger partial charge in [0.15, 0.2) is 12.4 Å². The Labute approximate surface area is 226 Å². The second kappa shape index (κ2) is 9.14. The zero-order valence-electron chi connectivity index (χ0n) is 21.3. The van der Waals surface area contributed by atoms with E-state index in [2.05, 4.69) is 20.6 Å². The van der Waals surface area contributed by atoms with Gasteiger partial charge in [0.05, 0.1) is 23.4 Å². The number of benzene rings is 1. The van der Waals surface area contributed by atoms with Crippen LogP contribution in [0.15, 0.2) is 29.2 Å². The molecule has 2 aromatic heterocycles. The largest absolute Gasteiger partial charge is 0.480 e. The molecule has 1 saturated carbocycles. The van der Waals surface area contributed by atoms with Crippen molar-refractivity contribution in [2.75, 3.05) is 35.2 Å². The molecule has 6 rings (SSSR count). The third-order valence-electron chi connectivity index (χ3n) is 7.82. The van der Waals surface area contributed by atoms with Crippen LogP contribution in [0.5, 0.6) is 5.75 Å². The van der Waals surface area contributed by atoms with E-state index in [-0.39, 0.29) is 53.7 Å². The van der Waals surface area contributed by atoms with Crippen LogP contribution in [0.25, 0.3) is 10.9 Å². The second-order valence-corrected chi connectivity index (χ2v) is 11.1. The van der Waals surface area contributed by atoms with Gasteiger partial charge in [-0.25, -0.2) is 22.5 Å². The van der Waals surface area contributed by atoms with Crippen molar-refractivity contribution < 1.29 is 22.3 Å². The first kappa shape index (κ1) is 26.0. The summed E-state index contributed by atoms with van der Waals surface area (Å²) < 4.78 is 64.5. The number of hydrogen-bond acceptors (Lipinski definition) is 7. The quantitative estimate of drug-likeness (QED) is 0.408. The molecule has 2 N–H and O–H groups in total. The average Bonchev–Trinajstić information content (AvgIpc) is 3.73. The molecule has 208 valence electrons. The van der Waals surface area contributed by atoms with Gasteiger partial charge in [0, 0.05) is 43.5 Å². The number of ether oxygens (including phenoxy) is 1. The fraction of sp³-hybridized carbons (Fsp3) is 0.500. The Kier molecular flexibility index (Phi) is 6.09. The van der Waals surface area contributed by atoms with Gasteiger partial charge in [0.1, 0.15) is 5.02 Å². The van der Waals surface area contributed by atoms with Crippen molar-refractivity contribution in [2.45, 2.75) is 44.1 Å². The third kappa shape index (κ3) is 4.62. The van der Waals surface area contributed by atoms with E-state index in [4.69, 9.17) is 16.3 Å². The lowest BCUT2D eigenvalue weighted by Crippen LogP contribution is -2.46. The van der Waals surface area contributed by atoms with E-state index in [1.54, 1.807) is 30.1 Å². The van der Waals surface area contributed by atoms with Crippen LogP contribution in [-0.2, 0) is 7.05 Å². The van der Waals surface area contributed by atoms with Gasteiger partial charge in [-0.2, -0.15) is 4.98 Å². The van der Waals surface area contributed by atoms with Crippen molar-refractivity contribution in [1.82, 2.24) is 14.5 Å². The Morgan fingerprint density at radius 2 is 1.97 bits per heavy atom. The van der Waals surface area contributed by atoms with E-state index >= 15 is 0 Å². The Bertz CT molecular complexity index is 1510. The van der Waals surface area contributed by atoms with Crippen LogP contribution in [0, 0.1) is 11.8 Å². The first-order valence-electron chi connectivity index (χ1n) is 12.8. The molecule has 2 fully saturated rings. The van der Waals surface area contributed by atoms with Gasteiger partial charge in [-0.3, -0.25) is 4.79 Å². The molecule has 0 bridgehead atoms. The van der Waals surface area contributed by atoms with Crippen molar-refractivity contribution in [3.63, 3.8) is 0 Å². The molecule has 1 saturated heterocycles. The highest BCUT2D eigenvalue weighted by atomic mass is 35.5. The lowest BCUT2D eigenvalue weighted by Gasteiger charge is -2.36. The fourth-order valence-corrected chi connectivity index (χ4v) is 5.43. The SMILES string of the molecule is C[C@@H]1CN(c2ncc(Cl)c(Nc3ccc4c(c3)c3c(c(=O)n4C)OCC(F)(F)[C@H](C4CC4)N3)n2)CCC1(F)F. The summed E-state index contributed by atoms with van der Waals surface area (Å²) in [5, 5.41) is 6.80. The zero-order valence-corrected chi connectivity index (χ0v) is 22.0. The normalized spacial score (nSPS) is 23.9. The van der Waals surface area contributed by atoms with Gasteiger partial charge < -0.3 is 24.8 Å².